The van der Waals surface area contributed by atoms with Crippen molar-refractivity contribution in [2.45, 2.75) is 25.4 Å². The number of anilines is 1. The van der Waals surface area contributed by atoms with Crippen molar-refractivity contribution in [1.82, 2.24) is 10.2 Å². The standard InChI is InChI=1S/C19H19Cl2N3O2/c20-14-6-8-16(9-7-14)23-18(25)17-5-2-10-24(17)19(26)22-12-13-3-1-4-15(21)11-13/h1,3-4,6-9,11,17H,2,5,10,12H2,(H,22,26)(H,23,25)/t17-/m1/s1. The zero-order valence-electron chi connectivity index (χ0n) is 14.0. The Hall–Kier alpha value is -2.24. The van der Waals surface area contributed by atoms with E-state index in [1.165, 1.54) is 0 Å². The van der Waals surface area contributed by atoms with E-state index in [9.17, 15) is 9.59 Å². The molecule has 2 aromatic rings. The van der Waals surface area contributed by atoms with Gasteiger partial charge in [-0.3, -0.25) is 4.79 Å². The quantitative estimate of drug-likeness (QED) is 0.815. The monoisotopic (exact) mass is 391 g/mol. The summed E-state index contributed by atoms with van der Waals surface area (Å²) in [5.74, 6) is -0.192. The Kier molecular flexibility index (Phi) is 6.01. The molecule has 2 aromatic carbocycles. The number of rotatable bonds is 4. The lowest BCUT2D eigenvalue weighted by Gasteiger charge is -2.24. The van der Waals surface area contributed by atoms with E-state index in [4.69, 9.17) is 23.2 Å². The van der Waals surface area contributed by atoms with E-state index in [-0.39, 0.29) is 11.9 Å². The van der Waals surface area contributed by atoms with Gasteiger partial charge in [-0.15, -0.1) is 0 Å². The van der Waals surface area contributed by atoms with Crippen LogP contribution in [0.25, 0.3) is 0 Å². The van der Waals surface area contributed by atoms with Gasteiger partial charge in [0.2, 0.25) is 5.91 Å². The van der Waals surface area contributed by atoms with Crippen LogP contribution in [0.15, 0.2) is 48.5 Å². The number of nitrogens with zero attached hydrogens (tertiary/aromatic N) is 1. The third-order valence-corrected chi connectivity index (χ3v) is 4.75. The number of amides is 3. The molecule has 7 heteroatoms. The van der Waals surface area contributed by atoms with Crippen molar-refractivity contribution in [3.05, 3.63) is 64.1 Å². The van der Waals surface area contributed by atoms with Crippen molar-refractivity contribution in [1.29, 1.82) is 0 Å². The SMILES string of the molecule is O=C(Nc1ccc(Cl)cc1)[C@H]1CCCN1C(=O)NCc1cccc(Cl)c1. The van der Waals surface area contributed by atoms with Gasteiger partial charge in [-0.2, -0.15) is 0 Å². The minimum absolute atomic E-state index is 0.192. The largest absolute Gasteiger partial charge is 0.334 e. The number of likely N-dealkylation sites (tertiary alicyclic amines) is 1. The second-order valence-electron chi connectivity index (χ2n) is 6.14. The van der Waals surface area contributed by atoms with Crippen molar-refractivity contribution in [2.24, 2.45) is 0 Å². The van der Waals surface area contributed by atoms with Crippen molar-refractivity contribution in [3.63, 3.8) is 0 Å². The summed E-state index contributed by atoms with van der Waals surface area (Å²) in [6.07, 6.45) is 1.44. The van der Waals surface area contributed by atoms with Crippen LogP contribution in [-0.2, 0) is 11.3 Å². The molecule has 3 rings (SSSR count). The molecule has 1 fully saturated rings. The second-order valence-corrected chi connectivity index (χ2v) is 7.01. The fraction of sp³-hybridized carbons (Fsp3) is 0.263. The normalized spacial score (nSPS) is 16.4. The topological polar surface area (TPSA) is 61.4 Å². The Morgan fingerprint density at radius 1 is 1.08 bits per heavy atom. The lowest BCUT2D eigenvalue weighted by atomic mass is 10.2. The molecule has 1 aliphatic heterocycles. The van der Waals surface area contributed by atoms with E-state index >= 15 is 0 Å². The number of hydrogen-bond acceptors (Lipinski definition) is 2. The maximum Gasteiger partial charge on any atom is 0.318 e. The Morgan fingerprint density at radius 3 is 2.58 bits per heavy atom. The van der Waals surface area contributed by atoms with Crippen LogP contribution in [0.1, 0.15) is 18.4 Å². The molecule has 0 spiro atoms. The molecule has 0 aliphatic carbocycles. The Balaban J connectivity index is 1.58. The molecule has 0 bridgehead atoms. The van der Waals surface area contributed by atoms with Gasteiger partial charge in [-0.1, -0.05) is 35.3 Å². The first kappa shape index (κ1) is 18.5. The van der Waals surface area contributed by atoms with E-state index in [1.54, 1.807) is 41.3 Å². The summed E-state index contributed by atoms with van der Waals surface area (Å²) in [5, 5.41) is 6.92. The zero-order valence-corrected chi connectivity index (χ0v) is 15.6. The van der Waals surface area contributed by atoms with Gasteiger partial charge in [-0.05, 0) is 54.8 Å². The minimum atomic E-state index is -0.481. The molecule has 2 N–H and O–H groups in total. The summed E-state index contributed by atoms with van der Waals surface area (Å²) in [6, 6.07) is 13.5. The number of halogens is 2. The van der Waals surface area contributed by atoms with Gasteiger partial charge in [0, 0.05) is 28.8 Å². The molecule has 5 nitrogen and oxygen atoms in total. The number of nitrogens with one attached hydrogen (secondary N) is 2. The third kappa shape index (κ3) is 4.68. The van der Waals surface area contributed by atoms with Gasteiger partial charge >= 0.3 is 6.03 Å². The van der Waals surface area contributed by atoms with Crippen molar-refractivity contribution < 1.29 is 9.59 Å². The van der Waals surface area contributed by atoms with Crippen LogP contribution in [0.2, 0.25) is 10.0 Å². The average molecular weight is 392 g/mol. The molecule has 0 aromatic heterocycles. The van der Waals surface area contributed by atoms with E-state index < -0.39 is 6.04 Å². The number of carbonyl (C=O) groups excluding carboxylic acids is 2. The lowest BCUT2D eigenvalue weighted by molar-refractivity contribution is -0.119. The van der Waals surface area contributed by atoms with Gasteiger partial charge in [0.25, 0.3) is 0 Å². The third-order valence-electron chi connectivity index (χ3n) is 4.26. The van der Waals surface area contributed by atoms with Crippen LogP contribution in [0.5, 0.6) is 0 Å². The molecule has 1 heterocycles. The van der Waals surface area contributed by atoms with E-state index in [0.29, 0.717) is 35.2 Å². The maximum atomic E-state index is 12.6. The maximum absolute atomic E-state index is 12.6. The number of carbonyl (C=O) groups is 2. The molecule has 1 aliphatic rings. The molecule has 1 saturated heterocycles. The molecular formula is C19H19Cl2N3O2. The highest BCUT2D eigenvalue weighted by molar-refractivity contribution is 6.30. The number of benzene rings is 2. The Morgan fingerprint density at radius 2 is 1.85 bits per heavy atom. The summed E-state index contributed by atoms with van der Waals surface area (Å²) >= 11 is 11.8. The average Bonchev–Trinajstić information content (AvgIpc) is 3.12. The molecule has 0 unspecified atom stereocenters. The summed E-state index contributed by atoms with van der Waals surface area (Å²) in [5.41, 5.74) is 1.57. The molecule has 3 amide bonds. The Labute approximate surface area is 162 Å². The predicted molar refractivity (Wildman–Crippen MR) is 103 cm³/mol. The van der Waals surface area contributed by atoms with E-state index in [0.717, 1.165) is 12.0 Å². The van der Waals surface area contributed by atoms with Gasteiger partial charge in [0.15, 0.2) is 0 Å². The van der Waals surface area contributed by atoms with Crippen LogP contribution in [-0.4, -0.2) is 29.4 Å². The first-order chi connectivity index (χ1) is 12.5. The van der Waals surface area contributed by atoms with Gasteiger partial charge < -0.3 is 15.5 Å². The summed E-state index contributed by atoms with van der Waals surface area (Å²) < 4.78 is 0. The molecule has 26 heavy (non-hydrogen) atoms. The number of hydrogen-bond donors (Lipinski definition) is 2. The Bertz CT molecular complexity index is 796. The highest BCUT2D eigenvalue weighted by Crippen LogP contribution is 2.20. The number of urea groups is 1. The van der Waals surface area contributed by atoms with E-state index in [2.05, 4.69) is 10.6 Å². The van der Waals surface area contributed by atoms with Crippen molar-refractivity contribution in [3.8, 4) is 0 Å². The first-order valence-electron chi connectivity index (χ1n) is 8.38. The first-order valence-corrected chi connectivity index (χ1v) is 9.14. The van der Waals surface area contributed by atoms with Crippen molar-refractivity contribution in [2.75, 3.05) is 11.9 Å². The second kappa shape index (κ2) is 8.43. The zero-order chi connectivity index (χ0) is 18.5. The van der Waals surface area contributed by atoms with Gasteiger partial charge in [0.1, 0.15) is 6.04 Å². The molecule has 136 valence electrons. The molecule has 1 atom stereocenters. The highest BCUT2D eigenvalue weighted by Gasteiger charge is 2.34. The minimum Gasteiger partial charge on any atom is -0.334 e. The van der Waals surface area contributed by atoms with Crippen LogP contribution in [0.4, 0.5) is 10.5 Å². The van der Waals surface area contributed by atoms with Crippen LogP contribution < -0.4 is 10.6 Å². The summed E-state index contributed by atoms with van der Waals surface area (Å²) in [7, 11) is 0. The predicted octanol–water partition coefficient (Wildman–Crippen LogP) is 4.31. The molecular weight excluding hydrogens is 373 g/mol. The fourth-order valence-corrected chi connectivity index (χ4v) is 3.31. The van der Waals surface area contributed by atoms with Crippen LogP contribution in [0, 0.1) is 0 Å². The molecule has 0 saturated carbocycles. The smallest absolute Gasteiger partial charge is 0.318 e. The lowest BCUT2D eigenvalue weighted by Crippen LogP contribution is -2.47. The summed E-state index contributed by atoms with van der Waals surface area (Å²) in [6.45, 7) is 0.918. The van der Waals surface area contributed by atoms with Crippen molar-refractivity contribution >= 4 is 40.8 Å². The van der Waals surface area contributed by atoms with E-state index in [1.807, 2.05) is 12.1 Å². The van der Waals surface area contributed by atoms with Crippen LogP contribution >= 0.6 is 23.2 Å². The van der Waals surface area contributed by atoms with Crippen LogP contribution in [0.3, 0.4) is 0 Å². The van der Waals surface area contributed by atoms with Gasteiger partial charge in [-0.25, -0.2) is 4.79 Å². The fourth-order valence-electron chi connectivity index (χ4n) is 2.97. The molecule has 0 radical (unpaired) electrons. The summed E-state index contributed by atoms with van der Waals surface area (Å²) in [4.78, 5) is 26.6. The van der Waals surface area contributed by atoms with Gasteiger partial charge in [0.05, 0.1) is 0 Å². The highest BCUT2D eigenvalue weighted by atomic mass is 35.5.